The molecule has 9 heteroatoms. The van der Waals surface area contributed by atoms with E-state index >= 15 is 0 Å². The van der Waals surface area contributed by atoms with E-state index < -0.39 is 0 Å². The van der Waals surface area contributed by atoms with Crippen molar-refractivity contribution in [3.05, 3.63) is 40.0 Å². The zero-order valence-corrected chi connectivity index (χ0v) is 17.8. The molecule has 0 bridgehead atoms. The quantitative estimate of drug-likeness (QED) is 0.615. The number of nitrogens with zero attached hydrogens (tertiary/aromatic N) is 6. The average Bonchev–Trinajstić information content (AvgIpc) is 3.17. The molecule has 1 saturated heterocycles. The van der Waals surface area contributed by atoms with Gasteiger partial charge in [-0.2, -0.15) is 4.37 Å². The van der Waals surface area contributed by atoms with Gasteiger partial charge in [-0.1, -0.05) is 6.92 Å². The zero-order valence-electron chi connectivity index (χ0n) is 15.4. The maximum absolute atomic E-state index is 13.3. The minimum atomic E-state index is 0.0338. The lowest BCUT2D eigenvalue weighted by Crippen LogP contribution is -2.36. The van der Waals surface area contributed by atoms with Crippen molar-refractivity contribution in [2.45, 2.75) is 26.7 Å². The van der Waals surface area contributed by atoms with Crippen molar-refractivity contribution in [3.8, 4) is 0 Å². The van der Waals surface area contributed by atoms with E-state index in [1.165, 1.54) is 11.5 Å². The van der Waals surface area contributed by atoms with Crippen LogP contribution in [0.2, 0.25) is 0 Å². The lowest BCUT2D eigenvalue weighted by molar-refractivity contribution is 0.0759. The van der Waals surface area contributed by atoms with Gasteiger partial charge < -0.3 is 9.80 Å². The van der Waals surface area contributed by atoms with Crippen LogP contribution in [0.5, 0.6) is 0 Å². The van der Waals surface area contributed by atoms with Crippen molar-refractivity contribution in [2.24, 2.45) is 0 Å². The molecule has 1 aliphatic rings. The first-order chi connectivity index (χ1) is 13.1. The highest BCUT2D eigenvalue weighted by Gasteiger charge is 2.26. The highest BCUT2D eigenvalue weighted by molar-refractivity contribution is 9.10. The fourth-order valence-electron chi connectivity index (χ4n) is 3.37. The molecule has 1 fully saturated rings. The zero-order chi connectivity index (χ0) is 19.0. The Balaban J connectivity index is 1.55. The molecule has 7 nitrogen and oxygen atoms in total. The van der Waals surface area contributed by atoms with E-state index in [0.717, 1.165) is 59.2 Å². The van der Waals surface area contributed by atoms with Crippen LogP contribution in [0.1, 0.15) is 35.4 Å². The average molecular weight is 449 g/mol. The minimum Gasteiger partial charge on any atom is -0.345 e. The van der Waals surface area contributed by atoms with Crippen LogP contribution in [0, 0.1) is 6.92 Å². The second kappa shape index (κ2) is 7.55. The van der Waals surface area contributed by atoms with Gasteiger partial charge in [0.1, 0.15) is 17.2 Å². The Morgan fingerprint density at radius 3 is 2.85 bits per heavy atom. The first-order valence-corrected chi connectivity index (χ1v) is 10.6. The van der Waals surface area contributed by atoms with Gasteiger partial charge in [-0.25, -0.2) is 9.97 Å². The topological polar surface area (TPSA) is 66.6 Å². The van der Waals surface area contributed by atoms with Gasteiger partial charge in [-0.3, -0.25) is 9.20 Å². The van der Waals surface area contributed by atoms with Crippen molar-refractivity contribution >= 4 is 44.1 Å². The van der Waals surface area contributed by atoms with E-state index in [4.69, 9.17) is 0 Å². The Labute approximate surface area is 170 Å². The summed E-state index contributed by atoms with van der Waals surface area (Å²) in [6.07, 6.45) is 3.66. The highest BCUT2D eigenvalue weighted by Crippen LogP contribution is 2.22. The summed E-state index contributed by atoms with van der Waals surface area (Å²) < 4.78 is 7.18. The molecule has 0 atom stereocenters. The number of carbonyl (C=O) groups is 1. The standard InChI is InChI=1S/C18H21BrN6OS/c1-3-14-21-18(27-22-14)24-8-4-7-23(9-10-24)17(26)16-12(2)20-15-6-5-13(19)11-25(15)16/h5-6,11H,3-4,7-10H2,1-2H3. The predicted molar refractivity (Wildman–Crippen MR) is 110 cm³/mol. The Kier molecular flexibility index (Phi) is 5.14. The summed E-state index contributed by atoms with van der Waals surface area (Å²) >= 11 is 4.93. The van der Waals surface area contributed by atoms with Gasteiger partial charge >= 0.3 is 0 Å². The molecule has 1 amide bonds. The van der Waals surface area contributed by atoms with Gasteiger partial charge in [0.2, 0.25) is 5.13 Å². The fourth-order valence-corrected chi connectivity index (χ4v) is 4.51. The number of rotatable bonds is 3. The minimum absolute atomic E-state index is 0.0338. The molecular formula is C18H21BrN6OS. The Hall–Kier alpha value is -2.00. The number of hydrogen-bond donors (Lipinski definition) is 0. The Morgan fingerprint density at radius 2 is 2.07 bits per heavy atom. The first-order valence-electron chi connectivity index (χ1n) is 9.08. The smallest absolute Gasteiger partial charge is 0.272 e. The monoisotopic (exact) mass is 448 g/mol. The van der Waals surface area contributed by atoms with Gasteiger partial charge in [0.15, 0.2) is 0 Å². The maximum Gasteiger partial charge on any atom is 0.272 e. The molecule has 0 aliphatic carbocycles. The van der Waals surface area contributed by atoms with Crippen molar-refractivity contribution < 1.29 is 4.79 Å². The Morgan fingerprint density at radius 1 is 1.22 bits per heavy atom. The van der Waals surface area contributed by atoms with E-state index in [1.54, 1.807) is 0 Å². The van der Waals surface area contributed by atoms with Gasteiger partial charge in [0.25, 0.3) is 5.91 Å². The summed E-state index contributed by atoms with van der Waals surface area (Å²) in [6.45, 7) is 7.01. The van der Waals surface area contributed by atoms with E-state index in [1.807, 2.05) is 34.6 Å². The summed E-state index contributed by atoms with van der Waals surface area (Å²) in [5.74, 6) is 0.922. The normalized spacial score (nSPS) is 15.4. The Bertz CT molecular complexity index is 984. The molecule has 3 aromatic rings. The third-order valence-electron chi connectivity index (χ3n) is 4.79. The molecule has 27 heavy (non-hydrogen) atoms. The number of hydrogen-bond acceptors (Lipinski definition) is 6. The molecule has 0 aromatic carbocycles. The molecule has 4 heterocycles. The third-order valence-corrected chi connectivity index (χ3v) is 6.07. The van der Waals surface area contributed by atoms with E-state index in [9.17, 15) is 4.79 Å². The number of carbonyl (C=O) groups excluding carboxylic acids is 1. The van der Waals surface area contributed by atoms with Crippen LogP contribution >= 0.6 is 27.5 Å². The largest absolute Gasteiger partial charge is 0.345 e. The summed E-state index contributed by atoms with van der Waals surface area (Å²) in [5, 5.41) is 0.955. The molecular weight excluding hydrogens is 428 g/mol. The molecule has 3 aromatic heterocycles. The number of amides is 1. The third kappa shape index (κ3) is 3.58. The van der Waals surface area contributed by atoms with Crippen LogP contribution in [-0.4, -0.2) is 55.7 Å². The van der Waals surface area contributed by atoms with Gasteiger partial charge in [-0.05, 0) is 41.4 Å². The fraction of sp³-hybridized carbons (Fsp3) is 0.444. The molecule has 142 valence electrons. The van der Waals surface area contributed by atoms with Gasteiger partial charge in [0, 0.05) is 54.8 Å². The van der Waals surface area contributed by atoms with Gasteiger partial charge in [0.05, 0.1) is 5.69 Å². The summed E-state index contributed by atoms with van der Waals surface area (Å²) in [4.78, 5) is 26.6. The van der Waals surface area contributed by atoms with Crippen LogP contribution in [0.3, 0.4) is 0 Å². The van der Waals surface area contributed by atoms with Crippen molar-refractivity contribution in [2.75, 3.05) is 31.1 Å². The maximum atomic E-state index is 13.3. The molecule has 0 saturated carbocycles. The lowest BCUT2D eigenvalue weighted by atomic mass is 10.3. The van der Waals surface area contributed by atoms with E-state index in [0.29, 0.717) is 12.2 Å². The molecule has 0 N–H and O–H groups in total. The predicted octanol–water partition coefficient (Wildman–Crippen LogP) is 3.17. The number of anilines is 1. The molecule has 0 spiro atoms. The summed E-state index contributed by atoms with van der Waals surface area (Å²) in [6, 6.07) is 3.85. The van der Waals surface area contributed by atoms with Crippen LogP contribution in [0.15, 0.2) is 22.8 Å². The number of fused-ring (bicyclic) bond motifs is 1. The van der Waals surface area contributed by atoms with Crippen molar-refractivity contribution in [1.29, 1.82) is 0 Å². The van der Waals surface area contributed by atoms with E-state index in [2.05, 4.69) is 42.1 Å². The SMILES string of the molecule is CCc1nsc(N2CCCN(C(=O)c3c(C)nc4ccc(Br)cn34)CC2)n1. The highest BCUT2D eigenvalue weighted by atomic mass is 79.9. The van der Waals surface area contributed by atoms with Crippen molar-refractivity contribution in [3.63, 3.8) is 0 Å². The van der Waals surface area contributed by atoms with Crippen LogP contribution in [-0.2, 0) is 6.42 Å². The van der Waals surface area contributed by atoms with Crippen LogP contribution in [0.25, 0.3) is 5.65 Å². The number of halogens is 1. The second-order valence-electron chi connectivity index (χ2n) is 6.60. The molecule has 0 unspecified atom stereocenters. The van der Waals surface area contributed by atoms with Crippen LogP contribution in [0.4, 0.5) is 5.13 Å². The number of imidazole rings is 1. The molecule has 0 radical (unpaired) electrons. The summed E-state index contributed by atoms with van der Waals surface area (Å²) in [7, 11) is 0. The second-order valence-corrected chi connectivity index (χ2v) is 8.25. The summed E-state index contributed by atoms with van der Waals surface area (Å²) in [5.41, 5.74) is 2.19. The molecule has 4 rings (SSSR count). The van der Waals surface area contributed by atoms with E-state index in [-0.39, 0.29) is 5.91 Å². The molecule has 1 aliphatic heterocycles. The van der Waals surface area contributed by atoms with Crippen LogP contribution < -0.4 is 4.90 Å². The number of aromatic nitrogens is 4. The lowest BCUT2D eigenvalue weighted by Gasteiger charge is -2.21. The first kappa shape index (κ1) is 18.4. The number of pyridine rings is 1. The van der Waals surface area contributed by atoms with Crippen molar-refractivity contribution in [1.82, 2.24) is 23.6 Å². The van der Waals surface area contributed by atoms with Gasteiger partial charge in [-0.15, -0.1) is 0 Å². The number of aryl methyl sites for hydroxylation is 2.